The highest BCUT2D eigenvalue weighted by molar-refractivity contribution is 7.80. The average Bonchev–Trinajstić information content (AvgIpc) is 2.72. The largest absolute Gasteiger partial charge is 0.497 e. The average molecular weight is 417 g/mol. The summed E-state index contributed by atoms with van der Waals surface area (Å²) >= 11 is 5.19. The molecule has 0 saturated carbocycles. The fourth-order valence-electron chi connectivity index (χ4n) is 2.47. The number of benzene rings is 2. The number of rotatable bonds is 7. The van der Waals surface area contributed by atoms with E-state index < -0.39 is 5.97 Å². The van der Waals surface area contributed by atoms with E-state index in [9.17, 15) is 9.90 Å². The Balaban J connectivity index is 2.53. The fourth-order valence-corrected chi connectivity index (χ4v) is 2.55. The van der Waals surface area contributed by atoms with Crippen molar-refractivity contribution < 1.29 is 28.8 Å². The molecule has 0 bridgehead atoms. The normalized spacial score (nSPS) is 10.9. The standard InChI is InChI=1S/C21H23NO6S/c1-22(2)21(29)28-19-17(26-4)11-13(12-18(19)27-5)10-16(20(23)24)14-6-8-15(25-3)9-7-14/h6-12H,1-5H3,(H,23,24)/b16-10+. The lowest BCUT2D eigenvalue weighted by Crippen LogP contribution is -2.25. The number of carbonyl (C=O) groups is 1. The van der Waals surface area contributed by atoms with E-state index in [-0.39, 0.29) is 10.7 Å². The smallest absolute Gasteiger partial charge is 0.336 e. The molecule has 1 N–H and O–H groups in total. The van der Waals surface area contributed by atoms with Crippen molar-refractivity contribution in [2.75, 3.05) is 35.4 Å². The Morgan fingerprint density at radius 1 is 1.00 bits per heavy atom. The van der Waals surface area contributed by atoms with Gasteiger partial charge in [0.25, 0.3) is 5.17 Å². The fraction of sp³-hybridized carbons (Fsp3) is 0.238. The first kappa shape index (κ1) is 22.0. The summed E-state index contributed by atoms with van der Waals surface area (Å²) in [5, 5.41) is 9.92. The van der Waals surface area contributed by atoms with E-state index >= 15 is 0 Å². The van der Waals surface area contributed by atoms with Gasteiger partial charge < -0.3 is 29.0 Å². The summed E-state index contributed by atoms with van der Waals surface area (Å²) in [7, 11) is 8.02. The predicted molar refractivity (Wildman–Crippen MR) is 115 cm³/mol. The van der Waals surface area contributed by atoms with Crippen LogP contribution < -0.4 is 18.9 Å². The molecule has 0 saturated heterocycles. The molecule has 0 unspecified atom stereocenters. The highest BCUT2D eigenvalue weighted by Gasteiger charge is 2.18. The molecule has 2 rings (SSSR count). The number of carboxylic acids is 1. The lowest BCUT2D eigenvalue weighted by Gasteiger charge is -2.18. The molecule has 0 aliphatic heterocycles. The number of hydrogen-bond donors (Lipinski definition) is 1. The lowest BCUT2D eigenvalue weighted by atomic mass is 10.0. The monoisotopic (exact) mass is 417 g/mol. The molecule has 0 aliphatic carbocycles. The van der Waals surface area contributed by atoms with Gasteiger partial charge in [-0.3, -0.25) is 0 Å². The summed E-state index contributed by atoms with van der Waals surface area (Å²) in [5.41, 5.74) is 1.20. The van der Waals surface area contributed by atoms with Crippen LogP contribution in [0.25, 0.3) is 11.6 Å². The van der Waals surface area contributed by atoms with Crippen LogP contribution in [0.5, 0.6) is 23.0 Å². The number of methoxy groups -OCH3 is 3. The second-order valence-electron chi connectivity index (χ2n) is 6.11. The van der Waals surface area contributed by atoms with Crippen molar-refractivity contribution in [3.8, 4) is 23.0 Å². The third-order valence-electron chi connectivity index (χ3n) is 3.98. The molecule has 154 valence electrons. The summed E-state index contributed by atoms with van der Waals surface area (Å²) in [5.74, 6) is 0.605. The van der Waals surface area contributed by atoms with Crippen LogP contribution in [0.1, 0.15) is 11.1 Å². The summed E-state index contributed by atoms with van der Waals surface area (Å²) in [6.45, 7) is 0. The van der Waals surface area contributed by atoms with Gasteiger partial charge in [-0.25, -0.2) is 4.79 Å². The zero-order chi connectivity index (χ0) is 21.6. The van der Waals surface area contributed by atoms with Crippen molar-refractivity contribution in [2.45, 2.75) is 0 Å². The Kier molecular flexibility index (Phi) is 7.44. The number of ether oxygens (including phenoxy) is 4. The van der Waals surface area contributed by atoms with Crippen molar-refractivity contribution in [1.82, 2.24) is 4.90 Å². The topological polar surface area (TPSA) is 77.5 Å². The Morgan fingerprint density at radius 3 is 1.97 bits per heavy atom. The van der Waals surface area contributed by atoms with E-state index in [1.807, 2.05) is 0 Å². The summed E-state index contributed by atoms with van der Waals surface area (Å²) in [4.78, 5) is 13.5. The minimum atomic E-state index is -1.07. The van der Waals surface area contributed by atoms with E-state index in [2.05, 4.69) is 0 Å². The maximum absolute atomic E-state index is 11.8. The van der Waals surface area contributed by atoms with Gasteiger partial charge in [0.2, 0.25) is 5.75 Å². The highest BCUT2D eigenvalue weighted by Crippen LogP contribution is 2.40. The number of aliphatic carboxylic acids is 1. The van der Waals surface area contributed by atoms with Gasteiger partial charge in [0, 0.05) is 14.1 Å². The molecule has 8 heteroatoms. The van der Waals surface area contributed by atoms with Crippen LogP contribution in [-0.2, 0) is 4.79 Å². The zero-order valence-electron chi connectivity index (χ0n) is 16.9. The summed E-state index contributed by atoms with van der Waals surface area (Å²) < 4.78 is 21.6. The van der Waals surface area contributed by atoms with Gasteiger partial charge in [-0.1, -0.05) is 12.1 Å². The molecule has 0 aliphatic rings. The maximum Gasteiger partial charge on any atom is 0.336 e. The molecule has 7 nitrogen and oxygen atoms in total. The SMILES string of the molecule is COc1ccc(/C(=C\c2cc(OC)c(OC(=S)N(C)C)c(OC)c2)C(=O)O)cc1. The second-order valence-corrected chi connectivity index (χ2v) is 6.46. The molecular weight excluding hydrogens is 394 g/mol. The van der Waals surface area contributed by atoms with E-state index in [1.54, 1.807) is 62.5 Å². The molecule has 2 aromatic carbocycles. The number of nitrogens with zero attached hydrogens (tertiary/aromatic N) is 1. The molecule has 0 atom stereocenters. The number of carboxylic acid groups (broad SMARTS) is 1. The lowest BCUT2D eigenvalue weighted by molar-refractivity contribution is -0.130. The first-order valence-corrected chi connectivity index (χ1v) is 8.96. The number of hydrogen-bond acceptors (Lipinski definition) is 6. The molecule has 0 fully saturated rings. The molecule has 0 amide bonds. The molecule has 0 radical (unpaired) electrons. The Labute approximate surface area is 175 Å². The van der Waals surface area contributed by atoms with Crippen LogP contribution in [-0.4, -0.2) is 56.6 Å². The van der Waals surface area contributed by atoms with Crippen molar-refractivity contribution in [3.63, 3.8) is 0 Å². The first-order valence-electron chi connectivity index (χ1n) is 8.55. The van der Waals surface area contributed by atoms with E-state index in [0.29, 0.717) is 34.1 Å². The van der Waals surface area contributed by atoms with Gasteiger partial charge in [-0.15, -0.1) is 0 Å². The second kappa shape index (κ2) is 9.79. The summed E-state index contributed by atoms with van der Waals surface area (Å²) in [6.07, 6.45) is 1.53. The van der Waals surface area contributed by atoms with Gasteiger partial charge >= 0.3 is 5.97 Å². The first-order chi connectivity index (χ1) is 13.8. The van der Waals surface area contributed by atoms with Gasteiger partial charge in [-0.05, 0) is 53.7 Å². The van der Waals surface area contributed by atoms with E-state index in [0.717, 1.165) is 0 Å². The minimum Gasteiger partial charge on any atom is -0.497 e. The third kappa shape index (κ3) is 5.39. The molecule has 0 aromatic heterocycles. The van der Waals surface area contributed by atoms with E-state index in [1.165, 1.54) is 20.3 Å². The zero-order valence-corrected chi connectivity index (χ0v) is 17.7. The van der Waals surface area contributed by atoms with E-state index in [4.69, 9.17) is 31.2 Å². The highest BCUT2D eigenvalue weighted by atomic mass is 32.1. The molecule has 2 aromatic rings. The van der Waals surface area contributed by atoms with Gasteiger partial charge in [-0.2, -0.15) is 0 Å². The quantitative estimate of drug-likeness (QED) is 0.416. The van der Waals surface area contributed by atoms with Crippen LogP contribution in [0.2, 0.25) is 0 Å². The Morgan fingerprint density at radius 2 is 1.55 bits per heavy atom. The van der Waals surface area contributed by atoms with Crippen molar-refractivity contribution in [1.29, 1.82) is 0 Å². The van der Waals surface area contributed by atoms with Crippen LogP contribution in [0.15, 0.2) is 36.4 Å². The van der Waals surface area contributed by atoms with Gasteiger partial charge in [0.1, 0.15) is 5.75 Å². The maximum atomic E-state index is 11.8. The molecular formula is C21H23NO6S. The van der Waals surface area contributed by atoms with Crippen molar-refractivity contribution >= 4 is 35.0 Å². The van der Waals surface area contributed by atoms with Crippen molar-refractivity contribution in [3.05, 3.63) is 47.5 Å². The Bertz CT molecular complexity index is 896. The minimum absolute atomic E-state index is 0.106. The molecule has 0 heterocycles. The molecule has 29 heavy (non-hydrogen) atoms. The Hall–Kier alpha value is -3.26. The van der Waals surface area contributed by atoms with Gasteiger partial charge in [0.05, 0.1) is 26.9 Å². The van der Waals surface area contributed by atoms with Crippen LogP contribution in [0.4, 0.5) is 0 Å². The van der Waals surface area contributed by atoms with Gasteiger partial charge in [0.15, 0.2) is 11.5 Å². The summed E-state index contributed by atoms with van der Waals surface area (Å²) in [6, 6.07) is 10.1. The van der Waals surface area contributed by atoms with Crippen LogP contribution in [0.3, 0.4) is 0 Å². The third-order valence-corrected chi connectivity index (χ3v) is 4.43. The van der Waals surface area contributed by atoms with Crippen LogP contribution in [0, 0.1) is 0 Å². The van der Waals surface area contributed by atoms with Crippen molar-refractivity contribution in [2.24, 2.45) is 0 Å². The molecule has 0 spiro atoms. The van der Waals surface area contributed by atoms with Crippen LogP contribution >= 0.6 is 12.2 Å². The number of thiocarbonyl (C=S) groups is 1. The predicted octanol–water partition coefficient (Wildman–Crippen LogP) is 3.56.